The summed E-state index contributed by atoms with van der Waals surface area (Å²) in [6.45, 7) is 1.26. The van der Waals surface area contributed by atoms with Gasteiger partial charge in [0, 0.05) is 17.8 Å². The van der Waals surface area contributed by atoms with Gasteiger partial charge in [0.15, 0.2) is 0 Å². The van der Waals surface area contributed by atoms with Crippen molar-refractivity contribution in [3.8, 4) is 11.3 Å². The first-order chi connectivity index (χ1) is 11.3. The number of H-pyrrole nitrogens is 1. The highest BCUT2D eigenvalue weighted by molar-refractivity contribution is 5.92. The minimum atomic E-state index is -0.916. The molecule has 1 aliphatic heterocycles. The Morgan fingerprint density at radius 1 is 1.00 bits per heavy atom. The molecule has 1 aliphatic rings. The van der Waals surface area contributed by atoms with Gasteiger partial charge in [-0.3, -0.25) is 0 Å². The number of aromatic amines is 1. The van der Waals surface area contributed by atoms with E-state index in [1.165, 1.54) is 6.07 Å². The summed E-state index contributed by atoms with van der Waals surface area (Å²) in [4.78, 5) is 3.20. The van der Waals surface area contributed by atoms with Crippen molar-refractivity contribution in [2.24, 2.45) is 0 Å². The number of piperidine rings is 1. The van der Waals surface area contributed by atoms with E-state index in [1.807, 2.05) is 36.4 Å². The van der Waals surface area contributed by atoms with Gasteiger partial charge in [-0.05, 0) is 30.2 Å². The maximum atomic E-state index is 14.6. The number of benzene rings is 2. The second-order valence-electron chi connectivity index (χ2n) is 6.06. The normalized spacial score (nSPS) is 21.7. The fourth-order valence-corrected chi connectivity index (χ4v) is 3.53. The van der Waals surface area contributed by atoms with E-state index >= 15 is 0 Å². The molecule has 3 aromatic rings. The Bertz CT molecular complexity index is 826. The fourth-order valence-electron chi connectivity index (χ4n) is 3.53. The van der Waals surface area contributed by atoms with Gasteiger partial charge < -0.3 is 10.3 Å². The van der Waals surface area contributed by atoms with Gasteiger partial charge in [0.25, 0.3) is 0 Å². The Kier molecular flexibility index (Phi) is 3.62. The quantitative estimate of drug-likeness (QED) is 0.721. The van der Waals surface area contributed by atoms with E-state index in [2.05, 4.69) is 10.3 Å². The van der Waals surface area contributed by atoms with Gasteiger partial charge in [0.05, 0.1) is 11.2 Å². The van der Waals surface area contributed by atoms with Crippen molar-refractivity contribution in [1.82, 2.24) is 10.3 Å². The number of fused-ring (bicyclic) bond motifs is 1. The van der Waals surface area contributed by atoms with E-state index in [4.69, 9.17) is 0 Å². The molecule has 0 aliphatic carbocycles. The highest BCUT2D eigenvalue weighted by atomic mass is 19.1. The number of aromatic nitrogens is 1. The Hall–Kier alpha value is -2.20. The molecule has 2 heterocycles. The second-order valence-corrected chi connectivity index (χ2v) is 6.06. The Balaban J connectivity index is 1.98. The molecule has 23 heavy (non-hydrogen) atoms. The van der Waals surface area contributed by atoms with E-state index in [9.17, 15) is 8.78 Å². The molecular weight excluding hydrogens is 294 g/mol. The van der Waals surface area contributed by atoms with Crippen LogP contribution in [0.5, 0.6) is 0 Å². The molecule has 2 aromatic carbocycles. The van der Waals surface area contributed by atoms with Gasteiger partial charge in [-0.2, -0.15) is 0 Å². The predicted molar refractivity (Wildman–Crippen MR) is 88.8 cm³/mol. The van der Waals surface area contributed by atoms with Gasteiger partial charge in [-0.15, -0.1) is 0 Å². The third kappa shape index (κ3) is 2.43. The molecule has 118 valence electrons. The lowest BCUT2D eigenvalue weighted by Crippen LogP contribution is -2.36. The first-order valence-electron chi connectivity index (χ1n) is 7.96. The van der Waals surface area contributed by atoms with Gasteiger partial charge >= 0.3 is 0 Å². The van der Waals surface area contributed by atoms with E-state index in [-0.39, 0.29) is 11.7 Å². The molecule has 4 heteroatoms. The molecule has 2 atom stereocenters. The SMILES string of the molecule is Fc1cccc2c([C@@H]3CNCC[C@H]3F)c(-c3ccccc3)[nH]c12. The second kappa shape index (κ2) is 5.78. The molecule has 1 fully saturated rings. The van der Waals surface area contributed by atoms with E-state index in [0.29, 0.717) is 25.0 Å². The van der Waals surface area contributed by atoms with Crippen LogP contribution in [0.25, 0.3) is 22.2 Å². The van der Waals surface area contributed by atoms with Gasteiger partial charge in [0.1, 0.15) is 12.0 Å². The highest BCUT2D eigenvalue weighted by Gasteiger charge is 2.31. The standard InChI is InChI=1S/C19H18F2N2/c20-15-9-10-22-11-14(15)17-13-7-4-8-16(21)19(13)23-18(17)12-5-2-1-3-6-12/h1-8,14-15,22-23H,9-11H2/t14-,15-/m1/s1. The minimum Gasteiger partial charge on any atom is -0.352 e. The molecule has 0 spiro atoms. The molecule has 0 unspecified atom stereocenters. The Morgan fingerprint density at radius 2 is 1.83 bits per heavy atom. The summed E-state index contributed by atoms with van der Waals surface area (Å²) in [5, 5.41) is 4.04. The van der Waals surface area contributed by atoms with Crippen molar-refractivity contribution in [3.63, 3.8) is 0 Å². The zero-order valence-corrected chi connectivity index (χ0v) is 12.7. The maximum Gasteiger partial charge on any atom is 0.147 e. The number of alkyl halides is 1. The number of nitrogens with one attached hydrogen (secondary N) is 2. The maximum absolute atomic E-state index is 14.6. The molecule has 0 amide bonds. The topological polar surface area (TPSA) is 27.8 Å². The lowest BCUT2D eigenvalue weighted by molar-refractivity contribution is 0.229. The molecule has 0 saturated carbocycles. The van der Waals surface area contributed by atoms with Crippen molar-refractivity contribution in [1.29, 1.82) is 0 Å². The van der Waals surface area contributed by atoms with Crippen LogP contribution in [0, 0.1) is 5.82 Å². The van der Waals surface area contributed by atoms with Crippen LogP contribution in [-0.4, -0.2) is 24.2 Å². The first-order valence-corrected chi connectivity index (χ1v) is 7.96. The lowest BCUT2D eigenvalue weighted by Gasteiger charge is -2.27. The van der Waals surface area contributed by atoms with Crippen molar-refractivity contribution in [2.45, 2.75) is 18.5 Å². The van der Waals surface area contributed by atoms with Crippen LogP contribution in [0.4, 0.5) is 8.78 Å². The smallest absolute Gasteiger partial charge is 0.147 e. The van der Waals surface area contributed by atoms with Gasteiger partial charge in [-0.25, -0.2) is 8.78 Å². The molecule has 0 bridgehead atoms. The molecule has 2 N–H and O–H groups in total. The predicted octanol–water partition coefficient (Wildman–Crippen LogP) is 4.39. The summed E-state index contributed by atoms with van der Waals surface area (Å²) >= 11 is 0. The number of halogens is 2. The summed E-state index contributed by atoms with van der Waals surface area (Å²) < 4.78 is 28.8. The van der Waals surface area contributed by atoms with Crippen molar-refractivity contribution >= 4 is 10.9 Å². The zero-order chi connectivity index (χ0) is 15.8. The summed E-state index contributed by atoms with van der Waals surface area (Å²) in [7, 11) is 0. The summed E-state index contributed by atoms with van der Waals surface area (Å²) in [6, 6.07) is 14.7. The molecular formula is C19H18F2N2. The van der Waals surface area contributed by atoms with Crippen LogP contribution in [0.1, 0.15) is 17.9 Å². The average molecular weight is 312 g/mol. The van der Waals surface area contributed by atoms with Crippen molar-refractivity contribution < 1.29 is 8.78 Å². The number of rotatable bonds is 2. The Labute approximate surface area is 133 Å². The van der Waals surface area contributed by atoms with Gasteiger partial charge in [0.2, 0.25) is 0 Å². The van der Waals surface area contributed by atoms with E-state index < -0.39 is 6.17 Å². The molecule has 4 rings (SSSR count). The Morgan fingerprint density at radius 3 is 2.61 bits per heavy atom. The van der Waals surface area contributed by atoms with E-state index in [1.54, 1.807) is 6.07 Å². The summed E-state index contributed by atoms with van der Waals surface area (Å²) in [6.07, 6.45) is -0.429. The van der Waals surface area contributed by atoms with Crippen molar-refractivity contribution in [2.75, 3.05) is 13.1 Å². The zero-order valence-electron chi connectivity index (χ0n) is 12.7. The van der Waals surface area contributed by atoms with Crippen LogP contribution < -0.4 is 5.32 Å². The van der Waals surface area contributed by atoms with E-state index in [0.717, 1.165) is 22.2 Å². The lowest BCUT2D eigenvalue weighted by atomic mass is 9.86. The monoisotopic (exact) mass is 312 g/mol. The largest absolute Gasteiger partial charge is 0.352 e. The molecule has 2 nitrogen and oxygen atoms in total. The van der Waals surface area contributed by atoms with Crippen LogP contribution in [0.2, 0.25) is 0 Å². The number of hydrogen-bond acceptors (Lipinski definition) is 1. The third-order valence-electron chi connectivity index (χ3n) is 4.65. The van der Waals surface area contributed by atoms with Crippen LogP contribution in [-0.2, 0) is 0 Å². The molecule has 1 saturated heterocycles. The fraction of sp³-hybridized carbons (Fsp3) is 0.263. The summed E-state index contributed by atoms with van der Waals surface area (Å²) in [5.41, 5.74) is 3.11. The average Bonchev–Trinajstić information content (AvgIpc) is 2.97. The van der Waals surface area contributed by atoms with Crippen LogP contribution in [0.15, 0.2) is 48.5 Å². The number of hydrogen-bond donors (Lipinski definition) is 2. The molecule has 0 radical (unpaired) electrons. The molecule has 1 aromatic heterocycles. The first kappa shape index (κ1) is 14.4. The number of para-hydroxylation sites is 1. The minimum absolute atomic E-state index is 0.269. The van der Waals surface area contributed by atoms with Gasteiger partial charge in [-0.1, -0.05) is 42.5 Å². The van der Waals surface area contributed by atoms with Crippen molar-refractivity contribution in [3.05, 3.63) is 59.9 Å². The van der Waals surface area contributed by atoms with Crippen LogP contribution >= 0.6 is 0 Å². The summed E-state index contributed by atoms with van der Waals surface area (Å²) in [5.74, 6) is -0.570. The highest BCUT2D eigenvalue weighted by Crippen LogP contribution is 2.39. The van der Waals surface area contributed by atoms with Crippen LogP contribution in [0.3, 0.4) is 0 Å². The third-order valence-corrected chi connectivity index (χ3v) is 4.65.